The number of nitrogens with zero attached hydrogens (tertiary/aromatic N) is 1. The Bertz CT molecular complexity index is 964. The second kappa shape index (κ2) is 8.97. The van der Waals surface area contributed by atoms with Gasteiger partial charge in [-0.1, -0.05) is 32.0 Å². The number of sulfonamides is 1. The topological polar surface area (TPSA) is 75.7 Å². The molecule has 0 aliphatic carbocycles. The number of methoxy groups -OCH3 is 1. The Hall–Kier alpha value is -2.38. The minimum Gasteiger partial charge on any atom is -0.497 e. The normalized spacial score (nSPS) is 20.2. The van der Waals surface area contributed by atoms with Crippen molar-refractivity contribution >= 4 is 15.9 Å². The van der Waals surface area contributed by atoms with Crippen LogP contribution in [0.15, 0.2) is 53.4 Å². The Morgan fingerprint density at radius 1 is 1.10 bits per heavy atom. The molecule has 2 atom stereocenters. The number of benzene rings is 2. The van der Waals surface area contributed by atoms with Crippen molar-refractivity contribution in [2.24, 2.45) is 11.8 Å². The molecule has 0 bridgehead atoms. The van der Waals surface area contributed by atoms with E-state index in [1.165, 1.54) is 6.07 Å². The van der Waals surface area contributed by atoms with Crippen LogP contribution in [-0.2, 0) is 16.6 Å². The average molecular weight is 417 g/mol. The van der Waals surface area contributed by atoms with E-state index in [0.29, 0.717) is 37.0 Å². The predicted octanol–water partition coefficient (Wildman–Crippen LogP) is 3.29. The highest BCUT2D eigenvalue weighted by Crippen LogP contribution is 2.27. The SMILES string of the molecule is COc1cccc(CNC(=O)c2cccc(S(=O)(=O)N3C[C@@H](C)C[C@H](C)C3)c2)c1. The Morgan fingerprint density at radius 3 is 2.48 bits per heavy atom. The van der Waals surface area contributed by atoms with Crippen LogP contribution < -0.4 is 10.1 Å². The van der Waals surface area contributed by atoms with E-state index in [1.807, 2.05) is 24.3 Å². The van der Waals surface area contributed by atoms with Gasteiger partial charge in [0.2, 0.25) is 10.0 Å². The summed E-state index contributed by atoms with van der Waals surface area (Å²) in [4.78, 5) is 12.7. The fraction of sp³-hybridized carbons (Fsp3) is 0.409. The molecule has 156 valence electrons. The summed E-state index contributed by atoms with van der Waals surface area (Å²) in [6.45, 7) is 5.49. The molecule has 7 heteroatoms. The van der Waals surface area contributed by atoms with Gasteiger partial charge < -0.3 is 10.1 Å². The van der Waals surface area contributed by atoms with E-state index in [9.17, 15) is 13.2 Å². The van der Waals surface area contributed by atoms with Crippen LogP contribution in [0.1, 0.15) is 36.2 Å². The fourth-order valence-electron chi connectivity index (χ4n) is 3.82. The lowest BCUT2D eigenvalue weighted by Gasteiger charge is -2.34. The summed E-state index contributed by atoms with van der Waals surface area (Å²) in [5.41, 5.74) is 1.23. The number of hydrogen-bond acceptors (Lipinski definition) is 4. The largest absolute Gasteiger partial charge is 0.497 e. The fourth-order valence-corrected chi connectivity index (χ4v) is 5.54. The van der Waals surface area contributed by atoms with Crippen molar-refractivity contribution in [2.75, 3.05) is 20.2 Å². The highest BCUT2D eigenvalue weighted by atomic mass is 32.2. The Labute approximate surface area is 172 Å². The first-order chi connectivity index (χ1) is 13.8. The molecule has 3 rings (SSSR count). The molecule has 29 heavy (non-hydrogen) atoms. The smallest absolute Gasteiger partial charge is 0.251 e. The molecule has 0 unspecified atom stereocenters. The van der Waals surface area contributed by atoms with E-state index in [-0.39, 0.29) is 10.8 Å². The van der Waals surface area contributed by atoms with Crippen LogP contribution in [0.5, 0.6) is 5.75 Å². The third-order valence-corrected chi connectivity index (χ3v) is 6.98. The zero-order valence-corrected chi connectivity index (χ0v) is 17.9. The standard InChI is InChI=1S/C22H28N2O4S/c1-16-10-17(2)15-24(14-16)29(26,27)21-9-5-7-19(12-21)22(25)23-13-18-6-4-8-20(11-18)28-3/h4-9,11-12,16-17H,10,13-15H2,1-3H3,(H,23,25)/t16-,17-/m0/s1. The molecule has 1 amide bonds. The van der Waals surface area contributed by atoms with E-state index in [2.05, 4.69) is 19.2 Å². The van der Waals surface area contributed by atoms with Gasteiger partial charge in [-0.2, -0.15) is 4.31 Å². The monoisotopic (exact) mass is 416 g/mol. The number of piperidine rings is 1. The van der Waals surface area contributed by atoms with Crippen molar-refractivity contribution in [1.29, 1.82) is 0 Å². The number of carbonyl (C=O) groups excluding carboxylic acids is 1. The minimum atomic E-state index is -3.62. The Morgan fingerprint density at radius 2 is 1.79 bits per heavy atom. The van der Waals surface area contributed by atoms with Crippen molar-refractivity contribution in [3.05, 3.63) is 59.7 Å². The third-order valence-electron chi connectivity index (χ3n) is 5.16. The molecule has 2 aromatic carbocycles. The Kier molecular flexibility index (Phi) is 6.59. The summed E-state index contributed by atoms with van der Waals surface area (Å²) >= 11 is 0. The lowest BCUT2D eigenvalue weighted by molar-refractivity contribution is 0.0950. The first-order valence-electron chi connectivity index (χ1n) is 9.81. The zero-order chi connectivity index (χ0) is 21.0. The van der Waals surface area contributed by atoms with Crippen LogP contribution in [0.2, 0.25) is 0 Å². The van der Waals surface area contributed by atoms with E-state index in [0.717, 1.165) is 17.7 Å². The molecule has 0 spiro atoms. The number of carbonyl (C=O) groups is 1. The molecule has 1 aliphatic rings. The zero-order valence-electron chi connectivity index (χ0n) is 17.1. The summed E-state index contributed by atoms with van der Waals surface area (Å²) in [5, 5.41) is 2.84. The van der Waals surface area contributed by atoms with Gasteiger partial charge in [-0.05, 0) is 54.2 Å². The van der Waals surface area contributed by atoms with Crippen molar-refractivity contribution < 1.29 is 17.9 Å². The van der Waals surface area contributed by atoms with Crippen LogP contribution >= 0.6 is 0 Å². The van der Waals surface area contributed by atoms with Gasteiger partial charge in [0.1, 0.15) is 5.75 Å². The van der Waals surface area contributed by atoms with Crippen LogP contribution in [-0.4, -0.2) is 38.8 Å². The molecule has 0 radical (unpaired) electrons. The molecular weight excluding hydrogens is 388 g/mol. The summed E-state index contributed by atoms with van der Waals surface area (Å²) in [7, 11) is -2.03. The number of nitrogens with one attached hydrogen (secondary N) is 1. The van der Waals surface area contributed by atoms with E-state index in [4.69, 9.17) is 4.74 Å². The first kappa shape index (κ1) is 21.3. The summed E-state index contributed by atoms with van der Waals surface area (Å²) < 4.78 is 32.9. The third kappa shape index (κ3) is 5.16. The summed E-state index contributed by atoms with van der Waals surface area (Å²) in [6.07, 6.45) is 1.03. The maximum atomic E-state index is 13.1. The number of rotatable bonds is 6. The second-order valence-corrected chi connectivity index (χ2v) is 9.77. The van der Waals surface area contributed by atoms with Crippen LogP contribution in [0.3, 0.4) is 0 Å². The molecule has 0 saturated carbocycles. The predicted molar refractivity (Wildman–Crippen MR) is 112 cm³/mol. The molecule has 1 aliphatic heterocycles. The van der Waals surface area contributed by atoms with Gasteiger partial charge >= 0.3 is 0 Å². The minimum absolute atomic E-state index is 0.160. The number of hydrogen-bond donors (Lipinski definition) is 1. The van der Waals surface area contributed by atoms with E-state index in [1.54, 1.807) is 29.6 Å². The maximum Gasteiger partial charge on any atom is 0.251 e. The van der Waals surface area contributed by atoms with Crippen LogP contribution in [0, 0.1) is 11.8 Å². The number of ether oxygens (including phenoxy) is 1. The van der Waals surface area contributed by atoms with Crippen molar-refractivity contribution in [1.82, 2.24) is 9.62 Å². The van der Waals surface area contributed by atoms with E-state index >= 15 is 0 Å². The van der Waals surface area contributed by atoms with Crippen molar-refractivity contribution in [3.63, 3.8) is 0 Å². The van der Waals surface area contributed by atoms with Gasteiger partial charge in [-0.3, -0.25) is 4.79 Å². The molecular formula is C22H28N2O4S. The molecule has 0 aromatic heterocycles. The van der Waals surface area contributed by atoms with Gasteiger partial charge in [0.25, 0.3) is 5.91 Å². The van der Waals surface area contributed by atoms with Gasteiger partial charge in [0, 0.05) is 25.2 Å². The molecule has 1 fully saturated rings. The summed E-state index contributed by atoms with van der Waals surface area (Å²) in [6, 6.07) is 13.7. The molecule has 2 aromatic rings. The molecule has 1 heterocycles. The van der Waals surface area contributed by atoms with E-state index < -0.39 is 10.0 Å². The number of amides is 1. The lowest BCUT2D eigenvalue weighted by Crippen LogP contribution is -2.42. The van der Waals surface area contributed by atoms with Gasteiger partial charge in [-0.25, -0.2) is 8.42 Å². The van der Waals surface area contributed by atoms with Gasteiger partial charge in [0.15, 0.2) is 0 Å². The first-order valence-corrected chi connectivity index (χ1v) is 11.2. The van der Waals surface area contributed by atoms with Crippen LogP contribution in [0.25, 0.3) is 0 Å². The van der Waals surface area contributed by atoms with Gasteiger partial charge in [0.05, 0.1) is 12.0 Å². The molecule has 1 saturated heterocycles. The van der Waals surface area contributed by atoms with Gasteiger partial charge in [-0.15, -0.1) is 0 Å². The van der Waals surface area contributed by atoms with Crippen molar-refractivity contribution in [3.8, 4) is 5.75 Å². The lowest BCUT2D eigenvalue weighted by atomic mass is 9.94. The quantitative estimate of drug-likeness (QED) is 0.784. The summed E-state index contributed by atoms with van der Waals surface area (Å²) in [5.74, 6) is 1.05. The molecule has 1 N–H and O–H groups in total. The molecule has 6 nitrogen and oxygen atoms in total. The second-order valence-electron chi connectivity index (χ2n) is 7.83. The highest BCUT2D eigenvalue weighted by molar-refractivity contribution is 7.89. The average Bonchev–Trinajstić information content (AvgIpc) is 2.71. The highest BCUT2D eigenvalue weighted by Gasteiger charge is 2.31. The van der Waals surface area contributed by atoms with Crippen LogP contribution in [0.4, 0.5) is 0 Å². The van der Waals surface area contributed by atoms with Crippen molar-refractivity contribution in [2.45, 2.75) is 31.7 Å². The Balaban J connectivity index is 1.73. The maximum absolute atomic E-state index is 13.1.